The first-order chi connectivity index (χ1) is 8.10. The second-order valence-electron chi connectivity index (χ2n) is 3.66. The number of carbonyl (C=O) groups excluding carboxylic acids is 1. The third kappa shape index (κ3) is 2.73. The molecule has 1 heterocycles. The smallest absolute Gasteiger partial charge is 0.223 e. The van der Waals surface area contributed by atoms with E-state index >= 15 is 0 Å². The van der Waals surface area contributed by atoms with Gasteiger partial charge in [-0.15, -0.1) is 0 Å². The number of benzene rings is 1. The van der Waals surface area contributed by atoms with E-state index in [2.05, 4.69) is 0 Å². The number of thioether (sulfide) groups is 1. The van der Waals surface area contributed by atoms with Crippen molar-refractivity contribution in [1.29, 1.82) is 0 Å². The summed E-state index contributed by atoms with van der Waals surface area (Å²) in [5.74, 6) is 0.123. The third-order valence-corrected chi connectivity index (χ3v) is 3.75. The highest BCUT2D eigenvalue weighted by Crippen LogP contribution is 2.34. The monoisotopic (exact) mass is 266 g/mol. The minimum atomic E-state index is 0.0150. The van der Waals surface area contributed by atoms with Gasteiger partial charge in [-0.05, 0) is 41.7 Å². The quantitative estimate of drug-likeness (QED) is 0.822. The van der Waals surface area contributed by atoms with Crippen molar-refractivity contribution in [3.05, 3.63) is 45.3 Å². The summed E-state index contributed by atoms with van der Waals surface area (Å²) >= 11 is 7.09. The van der Waals surface area contributed by atoms with E-state index in [0.717, 1.165) is 11.3 Å². The molecule has 88 valence electrons. The summed E-state index contributed by atoms with van der Waals surface area (Å²) in [5, 5.41) is 10.2. The van der Waals surface area contributed by atoms with Gasteiger partial charge in [-0.3, -0.25) is 4.79 Å². The van der Waals surface area contributed by atoms with Crippen molar-refractivity contribution in [2.75, 3.05) is 0 Å². The number of allylic oxidation sites excluding steroid dienone is 2. The largest absolute Gasteiger partial charge is 0.507 e. The summed E-state index contributed by atoms with van der Waals surface area (Å²) in [6.07, 6.45) is 4.36. The second kappa shape index (κ2) is 4.98. The fourth-order valence-electron chi connectivity index (χ4n) is 1.52. The molecule has 2 rings (SSSR count). The summed E-state index contributed by atoms with van der Waals surface area (Å²) in [5.41, 5.74) is 1.17. The van der Waals surface area contributed by atoms with Crippen molar-refractivity contribution in [3.63, 3.8) is 0 Å². The zero-order valence-electron chi connectivity index (χ0n) is 9.24. The molecule has 0 radical (unpaired) electrons. The van der Waals surface area contributed by atoms with Crippen LogP contribution in [0.25, 0.3) is 6.08 Å². The molecular weight excluding hydrogens is 256 g/mol. The van der Waals surface area contributed by atoms with Crippen LogP contribution in [0.2, 0.25) is 5.02 Å². The van der Waals surface area contributed by atoms with Crippen LogP contribution in [0.4, 0.5) is 0 Å². The molecule has 0 bridgehead atoms. The molecule has 2 nitrogen and oxygen atoms in total. The number of hydrogen-bond acceptors (Lipinski definition) is 3. The van der Waals surface area contributed by atoms with Crippen molar-refractivity contribution in [2.24, 2.45) is 0 Å². The number of phenols is 1. The molecule has 0 saturated carbocycles. The van der Waals surface area contributed by atoms with E-state index in [-0.39, 0.29) is 10.9 Å². The molecule has 0 amide bonds. The summed E-state index contributed by atoms with van der Waals surface area (Å²) in [4.78, 5) is 12.7. The summed E-state index contributed by atoms with van der Waals surface area (Å²) < 4.78 is 0. The van der Waals surface area contributed by atoms with Crippen molar-refractivity contribution >= 4 is 34.6 Å². The number of phenolic OH excluding ortho intramolecular Hbond substituents is 1. The fourth-order valence-corrected chi connectivity index (χ4v) is 2.51. The Balaban J connectivity index is 2.39. The molecule has 1 aromatic rings. The summed E-state index contributed by atoms with van der Waals surface area (Å²) in [6, 6.07) is 4.77. The number of rotatable bonds is 2. The first kappa shape index (κ1) is 12.3. The zero-order valence-corrected chi connectivity index (χ0v) is 10.8. The Morgan fingerprint density at radius 2 is 2.24 bits per heavy atom. The predicted molar refractivity (Wildman–Crippen MR) is 72.1 cm³/mol. The lowest BCUT2D eigenvalue weighted by Crippen LogP contribution is -1.87. The molecule has 0 aromatic heterocycles. The highest BCUT2D eigenvalue weighted by Gasteiger charge is 2.18. The molecule has 1 aromatic carbocycles. The van der Waals surface area contributed by atoms with Crippen LogP contribution in [-0.4, -0.2) is 10.2 Å². The number of aromatic hydroxyl groups is 1. The molecule has 0 atom stereocenters. The highest BCUT2D eigenvalue weighted by molar-refractivity contribution is 8.17. The lowest BCUT2D eigenvalue weighted by molar-refractivity contribution is -0.107. The number of carbonyl (C=O) groups is 1. The van der Waals surface area contributed by atoms with Crippen LogP contribution in [0.3, 0.4) is 0 Å². The van der Waals surface area contributed by atoms with Gasteiger partial charge in [-0.1, -0.05) is 30.3 Å². The van der Waals surface area contributed by atoms with Gasteiger partial charge in [-0.25, -0.2) is 0 Å². The van der Waals surface area contributed by atoms with E-state index in [0.29, 0.717) is 16.2 Å². The van der Waals surface area contributed by atoms with Gasteiger partial charge in [0.1, 0.15) is 5.75 Å². The molecule has 1 aliphatic rings. The van der Waals surface area contributed by atoms with Crippen molar-refractivity contribution in [3.8, 4) is 5.75 Å². The molecular formula is C13H11ClO2S. The summed E-state index contributed by atoms with van der Waals surface area (Å²) in [6.45, 7) is 2.01. The molecule has 0 fully saturated rings. The fraction of sp³-hybridized carbons (Fsp3) is 0.154. The van der Waals surface area contributed by atoms with Crippen LogP contribution in [0.15, 0.2) is 34.8 Å². The van der Waals surface area contributed by atoms with Gasteiger partial charge in [-0.2, -0.15) is 0 Å². The molecule has 4 heteroatoms. The maximum atomic E-state index is 11.7. The van der Waals surface area contributed by atoms with Gasteiger partial charge < -0.3 is 5.11 Å². The SMILES string of the molecule is CCC1=C/C(=C\c2cc(Cl)ccc2O)C(=O)S1. The minimum absolute atomic E-state index is 0.0150. The maximum absolute atomic E-state index is 11.7. The van der Waals surface area contributed by atoms with Gasteiger partial charge in [0.25, 0.3) is 0 Å². The van der Waals surface area contributed by atoms with Gasteiger partial charge in [0.05, 0.1) is 0 Å². The van der Waals surface area contributed by atoms with E-state index in [9.17, 15) is 9.90 Å². The van der Waals surface area contributed by atoms with E-state index in [1.54, 1.807) is 18.2 Å². The van der Waals surface area contributed by atoms with E-state index in [1.165, 1.54) is 17.8 Å². The third-order valence-electron chi connectivity index (χ3n) is 2.43. The van der Waals surface area contributed by atoms with Crippen LogP contribution in [0.5, 0.6) is 5.75 Å². The van der Waals surface area contributed by atoms with Crippen LogP contribution >= 0.6 is 23.4 Å². The first-order valence-electron chi connectivity index (χ1n) is 5.23. The van der Waals surface area contributed by atoms with Gasteiger partial charge in [0, 0.05) is 16.2 Å². The maximum Gasteiger partial charge on any atom is 0.223 e. The van der Waals surface area contributed by atoms with E-state index < -0.39 is 0 Å². The van der Waals surface area contributed by atoms with Crippen molar-refractivity contribution in [1.82, 2.24) is 0 Å². The van der Waals surface area contributed by atoms with Crippen LogP contribution in [0.1, 0.15) is 18.9 Å². The zero-order chi connectivity index (χ0) is 12.4. The Morgan fingerprint density at radius 1 is 1.47 bits per heavy atom. The Morgan fingerprint density at radius 3 is 2.88 bits per heavy atom. The average Bonchev–Trinajstić information content (AvgIpc) is 2.65. The molecule has 17 heavy (non-hydrogen) atoms. The first-order valence-corrected chi connectivity index (χ1v) is 6.42. The van der Waals surface area contributed by atoms with Gasteiger partial charge in [0.15, 0.2) is 0 Å². The Labute approximate surface area is 109 Å². The number of hydrogen-bond donors (Lipinski definition) is 1. The van der Waals surface area contributed by atoms with Crippen LogP contribution < -0.4 is 0 Å². The lowest BCUT2D eigenvalue weighted by Gasteiger charge is -2.00. The highest BCUT2D eigenvalue weighted by atomic mass is 35.5. The minimum Gasteiger partial charge on any atom is -0.507 e. The molecule has 1 N–H and O–H groups in total. The van der Waals surface area contributed by atoms with E-state index in [1.807, 2.05) is 13.0 Å². The lowest BCUT2D eigenvalue weighted by atomic mass is 10.1. The van der Waals surface area contributed by atoms with Crippen molar-refractivity contribution < 1.29 is 9.90 Å². The van der Waals surface area contributed by atoms with Gasteiger partial charge in [0.2, 0.25) is 5.12 Å². The normalized spacial score (nSPS) is 17.6. The molecule has 0 spiro atoms. The average molecular weight is 267 g/mol. The Bertz CT molecular complexity index is 532. The summed E-state index contributed by atoms with van der Waals surface area (Å²) in [7, 11) is 0. The molecule has 0 saturated heterocycles. The molecule has 0 unspecified atom stereocenters. The Hall–Kier alpha value is -1.19. The van der Waals surface area contributed by atoms with Gasteiger partial charge >= 0.3 is 0 Å². The van der Waals surface area contributed by atoms with Crippen LogP contribution in [-0.2, 0) is 4.79 Å². The molecule has 0 aliphatic carbocycles. The Kier molecular flexibility index (Phi) is 3.60. The van der Waals surface area contributed by atoms with Crippen molar-refractivity contribution in [2.45, 2.75) is 13.3 Å². The van der Waals surface area contributed by atoms with Crippen LogP contribution in [0, 0.1) is 0 Å². The topological polar surface area (TPSA) is 37.3 Å². The predicted octanol–water partition coefficient (Wildman–Crippen LogP) is 4.00. The molecule has 1 aliphatic heterocycles. The van der Waals surface area contributed by atoms with E-state index in [4.69, 9.17) is 11.6 Å². The second-order valence-corrected chi connectivity index (χ2v) is 5.19. The standard InChI is InChI=1S/C13H11ClO2S/c1-2-11-7-9(13(16)17-11)5-8-6-10(14)3-4-12(8)15/h3-7,15H,2H2,1H3/b9-5+. The number of halogens is 1.